The van der Waals surface area contributed by atoms with Crippen LogP contribution in [0.2, 0.25) is 0 Å². The van der Waals surface area contributed by atoms with Gasteiger partial charge in [-0.25, -0.2) is 0 Å². The van der Waals surface area contributed by atoms with Crippen LogP contribution in [0.4, 0.5) is 0 Å². The van der Waals surface area contributed by atoms with E-state index in [2.05, 4.69) is 0 Å². The van der Waals surface area contributed by atoms with Crippen molar-refractivity contribution in [2.24, 2.45) is 11.3 Å². The molecule has 8 nitrogen and oxygen atoms in total. The van der Waals surface area contributed by atoms with Crippen LogP contribution in [-0.4, -0.2) is 55.2 Å². The Morgan fingerprint density at radius 2 is 1.24 bits per heavy atom. The van der Waals surface area contributed by atoms with Crippen LogP contribution >= 0.6 is 0 Å². The van der Waals surface area contributed by atoms with Crippen molar-refractivity contribution >= 4 is 11.9 Å². The van der Waals surface area contributed by atoms with E-state index in [1.54, 1.807) is 13.8 Å². The van der Waals surface area contributed by atoms with Crippen molar-refractivity contribution in [3.63, 3.8) is 0 Å². The molecule has 8 heteroatoms. The lowest BCUT2D eigenvalue weighted by atomic mass is 9.72. The topological polar surface area (TPSA) is 101 Å². The summed E-state index contributed by atoms with van der Waals surface area (Å²) in [5.74, 6) is -2.24. The molecule has 1 fully saturated rings. The molecule has 5 atom stereocenters. The summed E-state index contributed by atoms with van der Waals surface area (Å²) in [5, 5.41) is 9.98. The fraction of sp³-hybridized carbons (Fsp3) is 0.412. The maximum atomic E-state index is 13.0. The third-order valence-corrected chi connectivity index (χ3v) is 7.62. The van der Waals surface area contributed by atoms with E-state index in [1.807, 2.05) is 91.0 Å². The van der Waals surface area contributed by atoms with E-state index in [1.165, 1.54) is 7.11 Å². The highest BCUT2D eigenvalue weighted by molar-refractivity contribution is 5.77. The van der Waals surface area contributed by atoms with Crippen LogP contribution in [0.3, 0.4) is 0 Å². The van der Waals surface area contributed by atoms with Gasteiger partial charge in [-0.05, 0) is 30.5 Å². The SMILES string of the molecule is COC(=O)C(C)(C)[C@@H]1O[C@H](COCc2ccccc2)[C@@H](OCc2ccccc2)[C@H](OCc2ccccc2)[C@H]1CC(=O)O. The zero-order chi connectivity index (χ0) is 30.0. The maximum Gasteiger partial charge on any atom is 0.313 e. The molecular formula is C34H40O8. The molecule has 1 heterocycles. The molecule has 0 bridgehead atoms. The average molecular weight is 577 g/mol. The number of hydrogen-bond acceptors (Lipinski definition) is 7. The highest BCUT2D eigenvalue weighted by Gasteiger charge is 2.55. The van der Waals surface area contributed by atoms with Crippen LogP contribution in [0.5, 0.6) is 0 Å². The van der Waals surface area contributed by atoms with Gasteiger partial charge in [-0.15, -0.1) is 0 Å². The number of carbonyl (C=O) groups excluding carboxylic acids is 1. The summed E-state index contributed by atoms with van der Waals surface area (Å²) in [6, 6.07) is 29.2. The van der Waals surface area contributed by atoms with Gasteiger partial charge in [0.25, 0.3) is 0 Å². The molecule has 224 valence electrons. The first-order valence-corrected chi connectivity index (χ1v) is 14.2. The molecule has 0 saturated carbocycles. The minimum absolute atomic E-state index is 0.146. The molecule has 1 saturated heterocycles. The molecule has 42 heavy (non-hydrogen) atoms. The smallest absolute Gasteiger partial charge is 0.313 e. The van der Waals surface area contributed by atoms with Crippen LogP contribution in [-0.2, 0) is 53.1 Å². The summed E-state index contributed by atoms with van der Waals surface area (Å²) >= 11 is 0. The summed E-state index contributed by atoms with van der Waals surface area (Å²) < 4.78 is 30.9. The van der Waals surface area contributed by atoms with E-state index in [0.717, 1.165) is 16.7 Å². The standard InChI is InChI=1S/C34H40O8/c1-34(2,33(37)38-3)32-27(19-29(35)36)30(40-21-25-15-9-5-10-16-25)31(41-22-26-17-11-6-12-18-26)28(42-32)23-39-20-24-13-7-4-8-14-24/h4-18,27-28,30-32H,19-23H2,1-3H3,(H,35,36)/t27-,28-,30-,31-,32-/m1/s1. The fourth-order valence-corrected chi connectivity index (χ4v) is 5.46. The highest BCUT2D eigenvalue weighted by atomic mass is 16.6. The summed E-state index contributed by atoms with van der Waals surface area (Å²) in [7, 11) is 1.31. The van der Waals surface area contributed by atoms with Gasteiger partial charge in [0, 0.05) is 5.92 Å². The predicted molar refractivity (Wildman–Crippen MR) is 156 cm³/mol. The largest absolute Gasteiger partial charge is 0.481 e. The second kappa shape index (κ2) is 15.1. The number of hydrogen-bond donors (Lipinski definition) is 1. The van der Waals surface area contributed by atoms with E-state index in [0.29, 0.717) is 6.61 Å². The van der Waals surface area contributed by atoms with Gasteiger partial charge in [-0.2, -0.15) is 0 Å². The molecule has 3 aromatic carbocycles. The van der Waals surface area contributed by atoms with Crippen molar-refractivity contribution < 1.29 is 38.4 Å². The van der Waals surface area contributed by atoms with Gasteiger partial charge in [0.05, 0.1) is 57.6 Å². The Kier molecular flexibility index (Phi) is 11.3. The Morgan fingerprint density at radius 1 is 0.762 bits per heavy atom. The zero-order valence-corrected chi connectivity index (χ0v) is 24.4. The van der Waals surface area contributed by atoms with E-state index in [-0.39, 0.29) is 26.2 Å². The van der Waals surface area contributed by atoms with Crippen LogP contribution < -0.4 is 0 Å². The normalized spacial score (nSPS) is 22.4. The van der Waals surface area contributed by atoms with Crippen molar-refractivity contribution in [2.75, 3.05) is 13.7 Å². The minimum atomic E-state index is -1.18. The van der Waals surface area contributed by atoms with E-state index < -0.39 is 47.7 Å². The number of aliphatic carboxylic acids is 1. The van der Waals surface area contributed by atoms with Gasteiger partial charge in [-0.1, -0.05) is 91.0 Å². The van der Waals surface area contributed by atoms with Crippen molar-refractivity contribution in [2.45, 2.75) is 64.5 Å². The van der Waals surface area contributed by atoms with E-state index in [4.69, 9.17) is 23.7 Å². The quantitative estimate of drug-likeness (QED) is 0.254. The number of carboxylic acid groups (broad SMARTS) is 1. The monoisotopic (exact) mass is 576 g/mol. The van der Waals surface area contributed by atoms with Crippen LogP contribution in [0.1, 0.15) is 37.0 Å². The third kappa shape index (κ3) is 8.26. The molecule has 4 rings (SSSR count). The first-order valence-electron chi connectivity index (χ1n) is 14.2. The highest BCUT2D eigenvalue weighted by Crippen LogP contribution is 2.42. The number of ether oxygens (including phenoxy) is 5. The summed E-state index contributed by atoms with van der Waals surface area (Å²) in [4.78, 5) is 25.2. The Morgan fingerprint density at radius 3 is 1.71 bits per heavy atom. The van der Waals surface area contributed by atoms with Crippen molar-refractivity contribution in [3.8, 4) is 0 Å². The molecule has 0 spiro atoms. The summed E-state index contributed by atoms with van der Waals surface area (Å²) in [6.07, 6.45) is -3.19. The third-order valence-electron chi connectivity index (χ3n) is 7.62. The Balaban J connectivity index is 1.69. The fourth-order valence-electron chi connectivity index (χ4n) is 5.46. The van der Waals surface area contributed by atoms with E-state index in [9.17, 15) is 14.7 Å². The van der Waals surface area contributed by atoms with Gasteiger partial charge in [0.15, 0.2) is 0 Å². The van der Waals surface area contributed by atoms with Gasteiger partial charge in [-0.3, -0.25) is 9.59 Å². The van der Waals surface area contributed by atoms with Gasteiger partial charge in [0.2, 0.25) is 0 Å². The molecular weight excluding hydrogens is 536 g/mol. The van der Waals surface area contributed by atoms with Crippen molar-refractivity contribution in [1.29, 1.82) is 0 Å². The second-order valence-electron chi connectivity index (χ2n) is 11.1. The van der Waals surface area contributed by atoms with Crippen molar-refractivity contribution in [1.82, 2.24) is 0 Å². The Hall–Kier alpha value is -3.56. The number of carbonyl (C=O) groups is 2. The second-order valence-corrected chi connectivity index (χ2v) is 11.1. The van der Waals surface area contributed by atoms with Gasteiger partial charge in [0.1, 0.15) is 12.2 Å². The molecule has 3 aromatic rings. The van der Waals surface area contributed by atoms with Crippen LogP contribution in [0, 0.1) is 11.3 Å². The summed E-state index contributed by atoms with van der Waals surface area (Å²) in [5.41, 5.74) is 1.71. The number of benzene rings is 3. The minimum Gasteiger partial charge on any atom is -0.481 e. The Bertz CT molecular complexity index is 1250. The zero-order valence-electron chi connectivity index (χ0n) is 24.4. The predicted octanol–water partition coefficient (Wildman–Crippen LogP) is 5.43. The lowest BCUT2D eigenvalue weighted by Gasteiger charge is -2.50. The maximum absolute atomic E-state index is 13.0. The van der Waals surface area contributed by atoms with Gasteiger partial charge < -0.3 is 28.8 Å². The molecule has 0 amide bonds. The lowest BCUT2D eigenvalue weighted by molar-refractivity contribution is -0.265. The molecule has 0 aromatic heterocycles. The number of rotatable bonds is 14. The average Bonchev–Trinajstić information content (AvgIpc) is 3.00. The molecule has 1 aliphatic heterocycles. The molecule has 1 N–H and O–H groups in total. The first-order chi connectivity index (χ1) is 20.3. The van der Waals surface area contributed by atoms with E-state index >= 15 is 0 Å². The number of methoxy groups -OCH3 is 1. The molecule has 0 aliphatic carbocycles. The first kappa shape index (κ1) is 31.4. The van der Waals surface area contributed by atoms with Crippen LogP contribution in [0.25, 0.3) is 0 Å². The van der Waals surface area contributed by atoms with Crippen molar-refractivity contribution in [3.05, 3.63) is 108 Å². The number of esters is 1. The lowest BCUT2D eigenvalue weighted by Crippen LogP contribution is -2.62. The molecule has 0 radical (unpaired) electrons. The number of carboxylic acids is 1. The Labute approximate surface area is 247 Å². The summed E-state index contributed by atoms with van der Waals surface area (Å²) in [6.45, 7) is 4.41. The molecule has 0 unspecified atom stereocenters. The van der Waals surface area contributed by atoms with Crippen LogP contribution in [0.15, 0.2) is 91.0 Å². The van der Waals surface area contributed by atoms with Gasteiger partial charge >= 0.3 is 11.9 Å². The molecule has 1 aliphatic rings.